The summed E-state index contributed by atoms with van der Waals surface area (Å²) in [5.74, 6) is 4.48. The maximum Gasteiger partial charge on any atom is 0.494 e. The van der Waals surface area contributed by atoms with Crippen LogP contribution in [0.3, 0.4) is 0 Å². The first-order valence-corrected chi connectivity index (χ1v) is 50.0. The third kappa shape index (κ3) is 38.9. The van der Waals surface area contributed by atoms with Gasteiger partial charge in [0.05, 0.1) is 35.6 Å². The minimum Gasteiger partial charge on any atom is -0.399 e. The minimum absolute atomic E-state index is 0.109. The number of ketones is 7. The third-order valence-corrected chi connectivity index (χ3v) is 28.1. The number of aryl methyl sites for hydroxylation is 1. The molecule has 0 bridgehead atoms. The molecule has 0 spiro atoms. The maximum atomic E-state index is 12.0. The van der Waals surface area contributed by atoms with Crippen LogP contribution < -0.4 is 22.4 Å². The number of benzene rings is 7. The van der Waals surface area contributed by atoms with Crippen LogP contribution in [0.4, 0.5) is 0 Å². The monoisotopic (exact) mass is 1890 g/mol. The lowest BCUT2D eigenvalue weighted by Crippen LogP contribution is -2.41. The van der Waals surface area contributed by atoms with Gasteiger partial charge in [0.25, 0.3) is 0 Å². The summed E-state index contributed by atoms with van der Waals surface area (Å²) in [7, 11) is 2.71. The van der Waals surface area contributed by atoms with E-state index >= 15 is 0 Å². The highest BCUT2D eigenvalue weighted by Crippen LogP contribution is 2.39. The van der Waals surface area contributed by atoms with Crippen molar-refractivity contribution in [2.75, 3.05) is 27.4 Å². The molecule has 7 saturated carbocycles. The number of rotatable bonds is 20. The molecule has 7 aromatic rings. The predicted octanol–water partition coefficient (Wildman–Crippen LogP) is 22.8. The van der Waals surface area contributed by atoms with E-state index in [0.717, 1.165) is 212 Å². The molecular weight excluding hydrogens is 1740 g/mol. The summed E-state index contributed by atoms with van der Waals surface area (Å²) < 4.78 is 36.4. The van der Waals surface area contributed by atoms with E-state index in [4.69, 9.17) is 39.6 Å². The molecule has 7 aliphatic carbocycles. The Morgan fingerprint density at radius 3 is 0.752 bits per heavy atom. The lowest BCUT2D eigenvalue weighted by Gasteiger charge is -2.32. The lowest BCUT2D eigenvalue weighted by molar-refractivity contribution is -0.125. The molecule has 2 aliphatic heterocycles. The molecule has 2 saturated heterocycles. The molecule has 700 valence electrons. The zero-order valence-corrected chi connectivity index (χ0v) is 83.0. The van der Waals surface area contributed by atoms with Crippen LogP contribution in [0.15, 0.2) is 191 Å². The highest BCUT2D eigenvalue weighted by molar-refractivity contribution is 9.10. The molecule has 7 aromatic carbocycles. The number of methoxy groups -OCH3 is 2. The molecule has 2 heterocycles. The lowest BCUT2D eigenvalue weighted by atomic mass is 9.78. The molecule has 4 N–H and O–H groups in total. The Kier molecular flexibility index (Phi) is 46.8. The first kappa shape index (κ1) is 107. The van der Waals surface area contributed by atoms with Crippen LogP contribution in [-0.2, 0) is 107 Å². The summed E-state index contributed by atoms with van der Waals surface area (Å²) in [4.78, 5) is 79.9. The summed E-state index contributed by atoms with van der Waals surface area (Å²) in [6, 6.07) is 62.5. The molecule has 9 aliphatic rings. The molecule has 129 heavy (non-hydrogen) atoms. The van der Waals surface area contributed by atoms with Crippen LogP contribution in [0.25, 0.3) is 0 Å². The first-order chi connectivity index (χ1) is 61.8. The number of hydrogen-bond acceptors (Lipinski definition) is 15. The first-order valence-electron chi connectivity index (χ1n) is 48.4. The number of hydrogen-bond donors (Lipinski definition) is 2. The van der Waals surface area contributed by atoms with Crippen LogP contribution in [0.2, 0.25) is 0 Å². The molecular formula is C110H152B2Br2N2O13. The average molecular weight is 1890 g/mol. The van der Waals surface area contributed by atoms with Gasteiger partial charge in [0.1, 0.15) is 40.5 Å². The van der Waals surface area contributed by atoms with Crippen LogP contribution in [0.1, 0.15) is 293 Å². The predicted molar refractivity (Wildman–Crippen MR) is 533 cm³/mol. The van der Waals surface area contributed by atoms with Gasteiger partial charge in [-0.2, -0.15) is 0 Å². The highest BCUT2D eigenvalue weighted by Gasteiger charge is 2.53. The number of ether oxygens (including phenoxy) is 2. The summed E-state index contributed by atoms with van der Waals surface area (Å²) in [5.41, 5.74) is 22.5. The van der Waals surface area contributed by atoms with Crippen molar-refractivity contribution in [2.24, 2.45) is 41.1 Å². The van der Waals surface area contributed by atoms with Crippen molar-refractivity contribution in [3.8, 4) is 0 Å². The van der Waals surface area contributed by atoms with E-state index in [-0.39, 0.29) is 72.4 Å². The number of carbonyl (C=O) groups excluding carboxylic acids is 7. The Morgan fingerprint density at radius 2 is 0.535 bits per heavy atom. The van der Waals surface area contributed by atoms with Gasteiger partial charge in [-0.25, -0.2) is 0 Å². The van der Waals surface area contributed by atoms with Gasteiger partial charge in [-0.1, -0.05) is 240 Å². The zero-order valence-electron chi connectivity index (χ0n) is 79.8. The molecule has 0 radical (unpaired) electrons. The van der Waals surface area contributed by atoms with Gasteiger partial charge in [0.2, 0.25) is 0 Å². The topological polar surface area (TPSA) is 227 Å². The fourth-order valence-electron chi connectivity index (χ4n) is 17.6. The molecule has 9 fully saturated rings. The smallest absolute Gasteiger partial charge is 0.399 e. The van der Waals surface area contributed by atoms with Crippen molar-refractivity contribution in [3.05, 3.63) is 235 Å². The highest BCUT2D eigenvalue weighted by atomic mass is 79.9. The zero-order chi connectivity index (χ0) is 93.2. The Hall–Kier alpha value is -7.00. The summed E-state index contributed by atoms with van der Waals surface area (Å²) >= 11 is 6.83. The standard InChI is InChI=1S/2C19H27BO3.C14H18O.2C13H15BrO.2C10H15NO.2C6H10O/c2*1-18(2)19(3,4)23-20(22-18)16-11-9-14(10-12-16)13-15-7-5-6-8-17(15)21;1-11-6-8-12(9-7-11)10-13-4-2-3-5-14(13)15;2*14-12-7-5-10(6-8-12)9-11-3-1-2-4-13(11)15;2*1-12-8-10(11)7-9-5-3-2-4-6-9;2*7-6-4-2-1-3-5-6/h2*9-12,15H,5-8,13H2,1-4H3;6-9,13H,2-5,10H2,1H3;2*5-8,11H,1-4,9H2;2*2-6,10H,7-8,11H2,1H3;2*1-5H2/t2*15-;13-;2*11-;2*10-;;/m1011010../s1. The van der Waals surface area contributed by atoms with Crippen molar-refractivity contribution in [1.29, 1.82) is 0 Å². The molecule has 0 unspecified atom stereocenters. The Morgan fingerprint density at radius 1 is 0.310 bits per heavy atom. The summed E-state index contributed by atoms with van der Waals surface area (Å²) in [6.45, 7) is 19.9. The number of halogens is 2. The third-order valence-electron chi connectivity index (χ3n) is 27.0. The van der Waals surface area contributed by atoms with E-state index < -0.39 is 0 Å². The van der Waals surface area contributed by atoms with Gasteiger partial charge < -0.3 is 39.6 Å². The van der Waals surface area contributed by atoms with Gasteiger partial charge in [-0.15, -0.1) is 0 Å². The van der Waals surface area contributed by atoms with E-state index in [0.29, 0.717) is 59.6 Å². The second-order valence-corrected chi connectivity index (χ2v) is 40.8. The Balaban J connectivity index is 0.000000183. The van der Waals surface area contributed by atoms with Crippen molar-refractivity contribution in [3.63, 3.8) is 0 Å². The summed E-state index contributed by atoms with van der Waals surface area (Å²) in [6.07, 6.45) is 37.4. The van der Waals surface area contributed by atoms with Gasteiger partial charge in [0, 0.05) is 123 Å². The van der Waals surface area contributed by atoms with Gasteiger partial charge in [0.15, 0.2) is 0 Å². The van der Waals surface area contributed by atoms with Crippen molar-refractivity contribution >= 4 is 97.5 Å². The maximum absolute atomic E-state index is 12.0. The van der Waals surface area contributed by atoms with E-state index in [1.165, 1.54) is 89.5 Å². The fraction of sp³-hybridized carbons (Fsp3) is 0.555. The largest absolute Gasteiger partial charge is 0.494 e. The van der Waals surface area contributed by atoms with Crippen LogP contribution in [-0.4, -0.2) is 117 Å². The Labute approximate surface area is 792 Å². The second kappa shape index (κ2) is 56.2. The number of nitrogens with two attached hydrogens (primary N) is 2. The van der Waals surface area contributed by atoms with Gasteiger partial charge in [-0.05, 0) is 271 Å². The fourth-order valence-corrected chi connectivity index (χ4v) is 18.1. The normalized spacial score (nSPS) is 21.9. The van der Waals surface area contributed by atoms with E-state index in [1.807, 2.05) is 60.7 Å². The molecule has 7 atom stereocenters. The van der Waals surface area contributed by atoms with Crippen LogP contribution in [0.5, 0.6) is 0 Å². The Bertz CT molecular complexity index is 4080. The molecule has 0 aromatic heterocycles. The molecule has 16 rings (SSSR count). The minimum atomic E-state index is -0.315. The van der Waals surface area contributed by atoms with Crippen molar-refractivity contribution in [2.45, 2.75) is 334 Å². The average Bonchev–Trinajstić information content (AvgIpc) is 1.63. The van der Waals surface area contributed by atoms with E-state index in [2.05, 4.69) is 216 Å². The van der Waals surface area contributed by atoms with Crippen LogP contribution in [0, 0.1) is 36.5 Å². The second-order valence-electron chi connectivity index (χ2n) is 39.0. The van der Waals surface area contributed by atoms with E-state index in [9.17, 15) is 33.6 Å². The SMILES string of the molecule is CC1(C)OB(c2ccc(C[C@@H]3CCCCC3=O)cc2)OC1(C)C.CC1(C)OB(c2ccc(C[C@H]3CCCCC3=O)cc2)OC1(C)C.COC[C@@H](N)Cc1ccccc1.COC[C@H](N)Cc1ccccc1.Cc1ccc(C[C@H]2CCCCC2=O)cc1.O=C1CCCCC1.O=C1CCCCC1.O=C1CCCC[C@@H]1Cc1ccc(Br)cc1.O=C1CCCC[C@H]1Cc1ccc(Br)cc1. The molecule has 15 nitrogen and oxygen atoms in total. The molecule has 19 heteroatoms. The number of carbonyl (C=O) groups is 7. The van der Waals surface area contributed by atoms with Crippen molar-refractivity contribution in [1.82, 2.24) is 0 Å². The van der Waals surface area contributed by atoms with Gasteiger partial charge >= 0.3 is 14.2 Å². The summed E-state index contributed by atoms with van der Waals surface area (Å²) in [5, 5.41) is 0. The van der Waals surface area contributed by atoms with Crippen molar-refractivity contribution < 1.29 is 61.7 Å². The quantitative estimate of drug-likeness (QED) is 0.0677. The molecule has 0 amide bonds. The van der Waals surface area contributed by atoms with Gasteiger partial charge in [-0.3, -0.25) is 33.6 Å². The number of Topliss-reactive ketones (excluding diaryl/α,β-unsaturated/α-hetero) is 7. The van der Waals surface area contributed by atoms with Crippen LogP contribution >= 0.6 is 31.9 Å². The van der Waals surface area contributed by atoms with E-state index in [1.54, 1.807) is 14.2 Å².